The third kappa shape index (κ3) is 4.05. The number of amides is 1. The van der Waals surface area contributed by atoms with Crippen LogP contribution < -0.4 is 14.8 Å². The van der Waals surface area contributed by atoms with Crippen molar-refractivity contribution >= 4 is 28.2 Å². The number of carbonyl (C=O) groups is 2. The van der Waals surface area contributed by atoms with Gasteiger partial charge in [0.2, 0.25) is 0 Å². The van der Waals surface area contributed by atoms with E-state index in [4.69, 9.17) is 9.47 Å². The lowest BCUT2D eigenvalue weighted by Crippen LogP contribution is -2.30. The van der Waals surface area contributed by atoms with Crippen molar-refractivity contribution in [1.29, 1.82) is 0 Å². The molecule has 0 aliphatic rings. The maximum Gasteiger partial charge on any atom is 0.266 e. The van der Waals surface area contributed by atoms with Crippen LogP contribution >= 0.6 is 11.3 Å². The van der Waals surface area contributed by atoms with Gasteiger partial charge in [0.1, 0.15) is 5.75 Å². The number of aromatic nitrogens is 1. The number of thiazole rings is 1. The summed E-state index contributed by atoms with van der Waals surface area (Å²) in [5.74, 6) is 0.0785. The van der Waals surface area contributed by atoms with Crippen molar-refractivity contribution in [1.82, 2.24) is 4.98 Å². The molecule has 0 radical (unpaired) electrons. The molecule has 1 amide bonds. The minimum absolute atomic E-state index is 0.0579. The van der Waals surface area contributed by atoms with Gasteiger partial charge in [-0.05, 0) is 26.0 Å². The second kappa shape index (κ2) is 7.04. The lowest BCUT2D eigenvalue weighted by Gasteiger charge is -2.14. The van der Waals surface area contributed by atoms with E-state index < -0.39 is 6.10 Å². The Kier molecular flexibility index (Phi) is 5.11. The van der Waals surface area contributed by atoms with Gasteiger partial charge in [-0.15, -0.1) is 0 Å². The number of anilines is 1. The minimum atomic E-state index is -0.725. The van der Waals surface area contributed by atoms with Gasteiger partial charge in [-0.2, -0.15) is 0 Å². The first-order valence-corrected chi connectivity index (χ1v) is 7.39. The van der Waals surface area contributed by atoms with E-state index in [2.05, 4.69) is 10.3 Å². The average molecular weight is 320 g/mol. The average Bonchev–Trinajstić information content (AvgIpc) is 2.95. The zero-order valence-electron chi connectivity index (χ0n) is 12.5. The maximum atomic E-state index is 12.1. The molecular formula is C15H16N2O4S. The molecule has 6 nitrogen and oxygen atoms in total. The van der Waals surface area contributed by atoms with E-state index in [1.54, 1.807) is 31.2 Å². The highest BCUT2D eigenvalue weighted by Crippen LogP contribution is 2.25. The summed E-state index contributed by atoms with van der Waals surface area (Å²) < 4.78 is 10.6. The molecule has 0 saturated heterocycles. The number of hydrogen-bond donors (Lipinski definition) is 1. The Bertz CT molecular complexity index is 684. The lowest BCUT2D eigenvalue weighted by molar-refractivity contribution is -0.122. The molecule has 0 unspecified atom stereocenters. The number of ether oxygens (including phenoxy) is 2. The molecule has 0 fully saturated rings. The first kappa shape index (κ1) is 16.0. The Hall–Kier alpha value is -2.41. The normalized spacial score (nSPS) is 11.6. The second-order valence-corrected chi connectivity index (χ2v) is 5.52. The fourth-order valence-corrected chi connectivity index (χ4v) is 2.30. The van der Waals surface area contributed by atoms with E-state index >= 15 is 0 Å². The molecule has 116 valence electrons. The van der Waals surface area contributed by atoms with Crippen LogP contribution in [-0.4, -0.2) is 29.9 Å². The number of rotatable bonds is 6. The third-order valence-electron chi connectivity index (χ3n) is 2.84. The van der Waals surface area contributed by atoms with Crippen LogP contribution in [0.25, 0.3) is 0 Å². The summed E-state index contributed by atoms with van der Waals surface area (Å²) in [5.41, 5.74) is 0.537. The Morgan fingerprint density at radius 1 is 1.36 bits per heavy atom. The predicted molar refractivity (Wildman–Crippen MR) is 83.8 cm³/mol. The van der Waals surface area contributed by atoms with E-state index in [1.807, 2.05) is 0 Å². The predicted octanol–water partition coefficient (Wildman–Crippen LogP) is 2.76. The summed E-state index contributed by atoms with van der Waals surface area (Å²) in [6.45, 7) is 3.10. The van der Waals surface area contributed by atoms with Crippen molar-refractivity contribution in [2.45, 2.75) is 20.0 Å². The molecule has 1 heterocycles. The largest absolute Gasteiger partial charge is 0.486 e. The van der Waals surface area contributed by atoms with Gasteiger partial charge in [0.15, 0.2) is 22.1 Å². The molecule has 2 aromatic rings. The highest BCUT2D eigenvalue weighted by molar-refractivity contribution is 7.17. The van der Waals surface area contributed by atoms with Crippen LogP contribution in [0, 0.1) is 0 Å². The number of ketones is 1. The van der Waals surface area contributed by atoms with Gasteiger partial charge in [0, 0.05) is 5.56 Å². The summed E-state index contributed by atoms with van der Waals surface area (Å²) in [6.07, 6.45) is 0.805. The second-order valence-electron chi connectivity index (χ2n) is 4.52. The number of hydrogen-bond acceptors (Lipinski definition) is 6. The topological polar surface area (TPSA) is 77.5 Å². The first-order valence-electron chi connectivity index (χ1n) is 6.58. The Morgan fingerprint density at radius 2 is 2.14 bits per heavy atom. The van der Waals surface area contributed by atoms with Crippen LogP contribution in [0.2, 0.25) is 0 Å². The number of benzene rings is 1. The molecule has 1 aromatic heterocycles. The fraction of sp³-hybridized carbons (Fsp3) is 0.267. The lowest BCUT2D eigenvalue weighted by atomic mass is 10.1. The highest BCUT2D eigenvalue weighted by atomic mass is 32.1. The van der Waals surface area contributed by atoms with Crippen LogP contribution in [0.4, 0.5) is 5.13 Å². The van der Waals surface area contributed by atoms with Crippen LogP contribution in [0.1, 0.15) is 24.2 Å². The molecule has 0 spiro atoms. The van der Waals surface area contributed by atoms with Crippen molar-refractivity contribution in [3.63, 3.8) is 0 Å². The molecule has 0 saturated carbocycles. The molecule has 2 rings (SSSR count). The number of nitrogens with zero attached hydrogens (tertiary/aromatic N) is 1. The van der Waals surface area contributed by atoms with Gasteiger partial charge >= 0.3 is 0 Å². The first-order chi connectivity index (χ1) is 10.5. The SMILES string of the molecule is COc1cnc(NC(=O)[C@H](C)Oc2cccc(C(C)=O)c2)s1. The van der Waals surface area contributed by atoms with Crippen LogP contribution in [0.3, 0.4) is 0 Å². The van der Waals surface area contributed by atoms with Crippen LogP contribution in [0.15, 0.2) is 30.5 Å². The number of carbonyl (C=O) groups excluding carboxylic acids is 2. The highest BCUT2D eigenvalue weighted by Gasteiger charge is 2.17. The maximum absolute atomic E-state index is 12.1. The van der Waals surface area contributed by atoms with Gasteiger partial charge in [0.25, 0.3) is 5.91 Å². The monoisotopic (exact) mass is 320 g/mol. The number of Topliss-reactive ketones (excluding diaryl/α,β-unsaturated/α-hetero) is 1. The zero-order chi connectivity index (χ0) is 16.1. The van der Waals surface area contributed by atoms with Crippen molar-refractivity contribution < 1.29 is 19.1 Å². The Labute approximate surface area is 132 Å². The quantitative estimate of drug-likeness (QED) is 0.828. The molecule has 0 aliphatic heterocycles. The molecule has 1 atom stereocenters. The molecule has 1 aromatic carbocycles. The smallest absolute Gasteiger partial charge is 0.266 e. The van der Waals surface area contributed by atoms with Crippen LogP contribution in [0.5, 0.6) is 10.8 Å². The number of methoxy groups -OCH3 is 1. The molecule has 1 N–H and O–H groups in total. The van der Waals surface area contributed by atoms with Crippen molar-refractivity contribution in [2.24, 2.45) is 0 Å². The van der Waals surface area contributed by atoms with Gasteiger partial charge in [-0.3, -0.25) is 14.9 Å². The third-order valence-corrected chi connectivity index (χ3v) is 3.71. The Balaban J connectivity index is 1.99. The summed E-state index contributed by atoms with van der Waals surface area (Å²) in [5, 5.41) is 3.70. The molecule has 0 bridgehead atoms. The number of nitrogens with one attached hydrogen (secondary N) is 1. The van der Waals surface area contributed by atoms with Crippen molar-refractivity contribution in [3.8, 4) is 10.8 Å². The summed E-state index contributed by atoms with van der Waals surface area (Å²) >= 11 is 1.23. The van der Waals surface area contributed by atoms with Gasteiger partial charge < -0.3 is 9.47 Å². The summed E-state index contributed by atoms with van der Waals surface area (Å²) in [7, 11) is 1.53. The van der Waals surface area contributed by atoms with Gasteiger partial charge in [-0.25, -0.2) is 4.98 Å². The van der Waals surface area contributed by atoms with Crippen molar-refractivity contribution in [3.05, 3.63) is 36.0 Å². The van der Waals surface area contributed by atoms with E-state index in [1.165, 1.54) is 31.6 Å². The Morgan fingerprint density at radius 3 is 2.77 bits per heavy atom. The van der Waals surface area contributed by atoms with Crippen molar-refractivity contribution in [2.75, 3.05) is 12.4 Å². The molecule has 22 heavy (non-hydrogen) atoms. The van der Waals surface area contributed by atoms with Crippen LogP contribution in [-0.2, 0) is 4.79 Å². The minimum Gasteiger partial charge on any atom is -0.486 e. The van der Waals surface area contributed by atoms with E-state index in [0.717, 1.165) is 0 Å². The standard InChI is InChI=1S/C15H16N2O4S/c1-9(18)11-5-4-6-12(7-11)21-10(2)14(19)17-15-16-8-13(20-3)22-15/h4-8,10H,1-3H3,(H,16,17,19)/t10-/m0/s1. The van der Waals surface area contributed by atoms with E-state index in [9.17, 15) is 9.59 Å². The van der Waals surface area contributed by atoms with Gasteiger partial charge in [0.05, 0.1) is 13.3 Å². The zero-order valence-corrected chi connectivity index (χ0v) is 13.3. The fourth-order valence-electron chi connectivity index (χ4n) is 1.66. The van der Waals surface area contributed by atoms with E-state index in [0.29, 0.717) is 21.5 Å². The molecular weight excluding hydrogens is 304 g/mol. The summed E-state index contributed by atoms with van der Waals surface area (Å²) in [6, 6.07) is 6.71. The molecule has 7 heteroatoms. The van der Waals surface area contributed by atoms with E-state index in [-0.39, 0.29) is 11.7 Å². The summed E-state index contributed by atoms with van der Waals surface area (Å²) in [4.78, 5) is 27.4. The van der Waals surface area contributed by atoms with Gasteiger partial charge in [-0.1, -0.05) is 23.5 Å². The molecule has 0 aliphatic carbocycles.